The van der Waals surface area contributed by atoms with Gasteiger partial charge in [-0.3, -0.25) is 9.52 Å². The monoisotopic (exact) mass is 413 g/mol. The molecule has 1 saturated heterocycles. The van der Waals surface area contributed by atoms with Crippen LogP contribution in [0.15, 0.2) is 53.4 Å². The standard InChI is InChI=1S/C19H19N5O4S/c1-13(25)20-14-6-8-15(9-7-14)29(26,27)23-18-19(24-10-11-28-12-24)22-17-5-3-2-4-16(17)21-18/h2-9H,10-12H2,1H3,(H,20,25)(H,21,23). The minimum absolute atomic E-state index is 0.0465. The second-order valence-corrected chi connectivity index (χ2v) is 8.18. The number of aromatic nitrogens is 2. The average Bonchev–Trinajstić information content (AvgIpc) is 3.22. The number of para-hydroxylation sites is 2. The Morgan fingerprint density at radius 1 is 1.07 bits per heavy atom. The van der Waals surface area contributed by atoms with E-state index in [4.69, 9.17) is 4.74 Å². The molecule has 2 heterocycles. The normalized spacial score (nSPS) is 14.2. The van der Waals surface area contributed by atoms with Gasteiger partial charge in [-0.25, -0.2) is 18.4 Å². The molecule has 1 aliphatic heterocycles. The number of rotatable bonds is 5. The number of ether oxygens (including phenoxy) is 1. The Morgan fingerprint density at radius 3 is 2.38 bits per heavy atom. The molecule has 0 saturated carbocycles. The highest BCUT2D eigenvalue weighted by molar-refractivity contribution is 7.92. The van der Waals surface area contributed by atoms with Crippen molar-refractivity contribution in [1.29, 1.82) is 0 Å². The van der Waals surface area contributed by atoms with Crippen LogP contribution in [-0.2, 0) is 19.6 Å². The average molecular weight is 413 g/mol. The summed E-state index contributed by atoms with van der Waals surface area (Å²) in [6, 6.07) is 13.1. The van der Waals surface area contributed by atoms with E-state index in [0.717, 1.165) is 0 Å². The lowest BCUT2D eigenvalue weighted by Gasteiger charge is -2.19. The number of carbonyl (C=O) groups excluding carboxylic acids is 1. The molecule has 0 bridgehead atoms. The van der Waals surface area contributed by atoms with Crippen molar-refractivity contribution < 1.29 is 17.9 Å². The molecular formula is C19H19N5O4S. The van der Waals surface area contributed by atoms with Crippen LogP contribution < -0.4 is 14.9 Å². The molecular weight excluding hydrogens is 394 g/mol. The number of benzene rings is 2. The van der Waals surface area contributed by atoms with E-state index in [-0.39, 0.29) is 16.6 Å². The lowest BCUT2D eigenvalue weighted by molar-refractivity contribution is -0.114. The van der Waals surface area contributed by atoms with E-state index in [1.54, 1.807) is 6.07 Å². The minimum Gasteiger partial charge on any atom is -0.359 e. The Kier molecular flexibility index (Phi) is 5.03. The molecule has 0 spiro atoms. The van der Waals surface area contributed by atoms with Gasteiger partial charge in [0.1, 0.15) is 6.73 Å². The fourth-order valence-corrected chi connectivity index (χ4v) is 3.97. The van der Waals surface area contributed by atoms with Gasteiger partial charge in [0.15, 0.2) is 11.6 Å². The lowest BCUT2D eigenvalue weighted by Crippen LogP contribution is -2.24. The highest BCUT2D eigenvalue weighted by Crippen LogP contribution is 2.28. The molecule has 0 unspecified atom stereocenters. The molecule has 2 N–H and O–H groups in total. The summed E-state index contributed by atoms with van der Waals surface area (Å²) in [4.78, 5) is 22.1. The van der Waals surface area contributed by atoms with Gasteiger partial charge in [0, 0.05) is 19.2 Å². The summed E-state index contributed by atoms with van der Waals surface area (Å²) in [5.74, 6) is 0.322. The van der Waals surface area contributed by atoms with Crippen LogP contribution in [0.4, 0.5) is 17.3 Å². The van der Waals surface area contributed by atoms with E-state index in [1.165, 1.54) is 31.2 Å². The zero-order valence-corrected chi connectivity index (χ0v) is 16.4. The maximum atomic E-state index is 12.9. The molecule has 4 rings (SSSR count). The van der Waals surface area contributed by atoms with E-state index in [2.05, 4.69) is 20.0 Å². The SMILES string of the molecule is CC(=O)Nc1ccc(S(=O)(=O)Nc2nc3ccccc3nc2N2CCOC2)cc1. The van der Waals surface area contributed by atoms with Crippen LogP contribution in [0.2, 0.25) is 0 Å². The van der Waals surface area contributed by atoms with Crippen molar-refractivity contribution >= 4 is 44.3 Å². The van der Waals surface area contributed by atoms with Gasteiger partial charge < -0.3 is 15.0 Å². The summed E-state index contributed by atoms with van der Waals surface area (Å²) in [7, 11) is -3.91. The van der Waals surface area contributed by atoms with Gasteiger partial charge in [0.2, 0.25) is 5.91 Å². The number of amides is 1. The first-order valence-electron chi connectivity index (χ1n) is 8.92. The van der Waals surface area contributed by atoms with Gasteiger partial charge in [0.05, 0.1) is 22.5 Å². The van der Waals surface area contributed by atoms with Crippen molar-refractivity contribution in [1.82, 2.24) is 9.97 Å². The van der Waals surface area contributed by atoms with E-state index < -0.39 is 10.0 Å². The third kappa shape index (κ3) is 4.13. The highest BCUT2D eigenvalue weighted by atomic mass is 32.2. The summed E-state index contributed by atoms with van der Waals surface area (Å²) >= 11 is 0. The van der Waals surface area contributed by atoms with Crippen LogP contribution in [0.3, 0.4) is 0 Å². The summed E-state index contributed by atoms with van der Waals surface area (Å²) in [6.45, 7) is 2.82. The van der Waals surface area contributed by atoms with Crippen LogP contribution in [0.1, 0.15) is 6.92 Å². The minimum atomic E-state index is -3.91. The molecule has 0 atom stereocenters. The molecule has 9 nitrogen and oxygen atoms in total. The first-order valence-corrected chi connectivity index (χ1v) is 10.4. The summed E-state index contributed by atoms with van der Waals surface area (Å²) in [6.07, 6.45) is 0. The first kappa shape index (κ1) is 19.1. The molecule has 150 valence electrons. The van der Waals surface area contributed by atoms with Gasteiger partial charge in [-0.1, -0.05) is 12.1 Å². The van der Waals surface area contributed by atoms with Crippen LogP contribution >= 0.6 is 0 Å². The fourth-order valence-electron chi connectivity index (χ4n) is 2.97. The summed E-state index contributed by atoms with van der Waals surface area (Å²) < 4.78 is 33.8. The predicted molar refractivity (Wildman–Crippen MR) is 109 cm³/mol. The lowest BCUT2D eigenvalue weighted by atomic mass is 10.3. The second-order valence-electron chi connectivity index (χ2n) is 6.50. The number of fused-ring (bicyclic) bond motifs is 1. The number of carbonyl (C=O) groups is 1. The topological polar surface area (TPSA) is 114 Å². The maximum absolute atomic E-state index is 12.9. The van der Waals surface area contributed by atoms with E-state index >= 15 is 0 Å². The zero-order chi connectivity index (χ0) is 20.4. The molecule has 1 amide bonds. The number of nitrogens with zero attached hydrogens (tertiary/aromatic N) is 3. The van der Waals surface area contributed by atoms with Crippen LogP contribution in [-0.4, -0.2) is 44.2 Å². The number of hydrogen-bond donors (Lipinski definition) is 2. The van der Waals surface area contributed by atoms with Gasteiger partial charge in [-0.15, -0.1) is 0 Å². The van der Waals surface area contributed by atoms with Crippen molar-refractivity contribution in [2.24, 2.45) is 0 Å². The third-order valence-corrected chi connectivity index (χ3v) is 5.68. The van der Waals surface area contributed by atoms with Gasteiger partial charge in [-0.05, 0) is 36.4 Å². The third-order valence-electron chi connectivity index (χ3n) is 4.32. The molecule has 1 aromatic heterocycles. The van der Waals surface area contributed by atoms with E-state index in [0.29, 0.717) is 42.4 Å². The van der Waals surface area contributed by atoms with E-state index in [1.807, 2.05) is 23.1 Å². The molecule has 1 aliphatic rings. The quantitative estimate of drug-likeness (QED) is 0.659. The Morgan fingerprint density at radius 2 is 1.76 bits per heavy atom. The Labute approximate surface area is 167 Å². The molecule has 3 aromatic rings. The molecule has 0 aliphatic carbocycles. The Balaban J connectivity index is 1.70. The number of nitrogens with one attached hydrogen (secondary N) is 2. The van der Waals surface area contributed by atoms with Crippen molar-refractivity contribution in [2.45, 2.75) is 11.8 Å². The fraction of sp³-hybridized carbons (Fsp3) is 0.211. The van der Waals surface area contributed by atoms with Crippen LogP contribution in [0.5, 0.6) is 0 Å². The van der Waals surface area contributed by atoms with Crippen LogP contribution in [0.25, 0.3) is 11.0 Å². The predicted octanol–water partition coefficient (Wildman–Crippen LogP) is 2.18. The van der Waals surface area contributed by atoms with Crippen molar-refractivity contribution in [3.05, 3.63) is 48.5 Å². The Hall–Kier alpha value is -3.24. The van der Waals surface area contributed by atoms with Crippen LogP contribution in [0, 0.1) is 0 Å². The highest BCUT2D eigenvalue weighted by Gasteiger charge is 2.24. The van der Waals surface area contributed by atoms with Crippen molar-refractivity contribution in [3.63, 3.8) is 0 Å². The van der Waals surface area contributed by atoms with Crippen molar-refractivity contribution in [2.75, 3.05) is 34.8 Å². The molecule has 1 fully saturated rings. The molecule has 0 radical (unpaired) electrons. The van der Waals surface area contributed by atoms with Crippen molar-refractivity contribution in [3.8, 4) is 0 Å². The number of sulfonamides is 1. The van der Waals surface area contributed by atoms with E-state index in [9.17, 15) is 13.2 Å². The van der Waals surface area contributed by atoms with Gasteiger partial charge in [0.25, 0.3) is 10.0 Å². The second kappa shape index (κ2) is 7.64. The zero-order valence-electron chi connectivity index (χ0n) is 15.6. The largest absolute Gasteiger partial charge is 0.359 e. The Bertz CT molecular complexity index is 1160. The van der Waals surface area contributed by atoms with Gasteiger partial charge >= 0.3 is 0 Å². The summed E-state index contributed by atoms with van der Waals surface area (Å²) in [5.41, 5.74) is 1.75. The number of anilines is 3. The number of hydrogen-bond acceptors (Lipinski definition) is 7. The molecule has 10 heteroatoms. The summed E-state index contributed by atoms with van der Waals surface area (Å²) in [5, 5.41) is 2.60. The van der Waals surface area contributed by atoms with Gasteiger partial charge in [-0.2, -0.15) is 0 Å². The smallest absolute Gasteiger partial charge is 0.263 e. The molecule has 2 aromatic carbocycles. The first-order chi connectivity index (χ1) is 13.9. The maximum Gasteiger partial charge on any atom is 0.263 e. The molecule has 29 heavy (non-hydrogen) atoms.